The molecule has 360 valence electrons. The van der Waals surface area contributed by atoms with E-state index < -0.39 is 104 Å². The van der Waals surface area contributed by atoms with Gasteiger partial charge in [0.25, 0.3) is 0 Å². The van der Waals surface area contributed by atoms with Crippen molar-refractivity contribution >= 4 is 5.97 Å². The van der Waals surface area contributed by atoms with E-state index in [4.69, 9.17) is 42.6 Å². The SMILES string of the molecule is CO[C@H]1C[C@H](O[C@H]2[C@H](C)O[C@@H](O[C@@H]3/C(C)=C/C[C@@H]4C[C@@H](C[C@]5(C=C[C@H](C)[C@@H](C6CCCCC6)O5)O4)OC(=O)[C@@H]4C=C(C)[C@@H](O)C[C@@]4(O)/C(CO)=C/C=C/[C@@H]3C)C[C@@H]2OC)O[C@@H](C)[C@@H]1O. The average Bonchev–Trinajstić information content (AvgIpc) is 3.27. The van der Waals surface area contributed by atoms with Crippen LogP contribution >= 0.6 is 0 Å². The summed E-state index contributed by atoms with van der Waals surface area (Å²) in [6, 6.07) is 0. The predicted molar refractivity (Wildman–Crippen MR) is 236 cm³/mol. The Labute approximate surface area is 379 Å². The number of hydrogen-bond donors (Lipinski definition) is 4. The first-order chi connectivity index (χ1) is 30.6. The number of fused-ring (bicyclic) bond motifs is 3. The van der Waals surface area contributed by atoms with Crippen LogP contribution in [0.1, 0.15) is 112 Å². The molecular weight excluding hydrogens is 825 g/mol. The highest BCUT2D eigenvalue weighted by Gasteiger charge is 2.52. The lowest BCUT2D eigenvalue weighted by molar-refractivity contribution is -0.318. The summed E-state index contributed by atoms with van der Waals surface area (Å²) in [5.41, 5.74) is -0.246. The van der Waals surface area contributed by atoms with Crippen molar-refractivity contribution in [3.05, 3.63) is 59.3 Å². The van der Waals surface area contributed by atoms with Crippen LogP contribution in [0.4, 0.5) is 0 Å². The summed E-state index contributed by atoms with van der Waals surface area (Å²) in [6.07, 6.45) is 13.9. The zero-order valence-corrected chi connectivity index (χ0v) is 39.2. The second-order valence-corrected chi connectivity index (χ2v) is 19.8. The molecular formula is C50H76O14. The Hall–Kier alpha value is -2.31. The first kappa shape index (κ1) is 49.6. The van der Waals surface area contributed by atoms with E-state index >= 15 is 0 Å². The van der Waals surface area contributed by atoms with Crippen molar-refractivity contribution in [3.63, 3.8) is 0 Å². The Balaban J connectivity index is 1.18. The number of esters is 1. The van der Waals surface area contributed by atoms with Crippen molar-refractivity contribution < 1.29 is 67.9 Å². The Bertz CT molecular complexity index is 1740. The molecule has 0 amide bonds. The van der Waals surface area contributed by atoms with Gasteiger partial charge in [-0.15, -0.1) is 0 Å². The van der Waals surface area contributed by atoms with E-state index in [2.05, 4.69) is 19.1 Å². The Morgan fingerprint density at radius 1 is 0.812 bits per heavy atom. The lowest BCUT2D eigenvalue weighted by atomic mass is 9.71. The van der Waals surface area contributed by atoms with Crippen molar-refractivity contribution in [2.45, 2.75) is 203 Å². The van der Waals surface area contributed by atoms with Crippen LogP contribution in [-0.2, 0) is 47.4 Å². The molecule has 5 heterocycles. The van der Waals surface area contributed by atoms with Gasteiger partial charge in [-0.25, -0.2) is 0 Å². The number of aliphatic hydroxyl groups excluding tert-OH is 3. The molecule has 3 saturated heterocycles. The largest absolute Gasteiger partial charge is 0.462 e. The summed E-state index contributed by atoms with van der Waals surface area (Å²) in [6.45, 7) is 11.2. The highest BCUT2D eigenvalue weighted by atomic mass is 16.7. The van der Waals surface area contributed by atoms with Gasteiger partial charge in [-0.2, -0.15) is 0 Å². The van der Waals surface area contributed by atoms with E-state index in [-0.39, 0.29) is 29.9 Å². The molecule has 4 fully saturated rings. The fourth-order valence-electron chi connectivity index (χ4n) is 11.2. The maximum Gasteiger partial charge on any atom is 0.316 e. The van der Waals surface area contributed by atoms with Gasteiger partial charge in [0.1, 0.15) is 29.8 Å². The van der Waals surface area contributed by atoms with Gasteiger partial charge in [-0.3, -0.25) is 4.79 Å². The number of aliphatic hydroxyl groups is 4. The quantitative estimate of drug-likeness (QED) is 0.167. The van der Waals surface area contributed by atoms with Gasteiger partial charge in [0.2, 0.25) is 0 Å². The number of carbonyl (C=O) groups is 1. The summed E-state index contributed by atoms with van der Waals surface area (Å²) < 4.78 is 57.9. The lowest BCUT2D eigenvalue weighted by Gasteiger charge is -2.49. The normalized spacial score (nSPS) is 47.4. The van der Waals surface area contributed by atoms with Crippen LogP contribution in [0.2, 0.25) is 0 Å². The molecule has 1 saturated carbocycles. The lowest BCUT2D eigenvalue weighted by Crippen LogP contribution is -2.55. The average molecular weight is 901 g/mol. The number of rotatable bonds is 8. The number of ether oxygens (including phenoxy) is 9. The van der Waals surface area contributed by atoms with Crippen LogP contribution in [0.3, 0.4) is 0 Å². The molecule has 5 aliphatic heterocycles. The molecule has 7 aliphatic rings. The molecule has 0 aromatic heterocycles. The molecule has 4 N–H and O–H groups in total. The third-order valence-corrected chi connectivity index (χ3v) is 15.1. The molecule has 14 heteroatoms. The van der Waals surface area contributed by atoms with Gasteiger partial charge in [-0.05, 0) is 75.7 Å². The second-order valence-electron chi connectivity index (χ2n) is 19.8. The maximum atomic E-state index is 14.4. The topological polar surface area (TPSA) is 181 Å². The zero-order valence-electron chi connectivity index (χ0n) is 39.2. The molecule has 2 aliphatic carbocycles. The maximum absolute atomic E-state index is 14.4. The Morgan fingerprint density at radius 2 is 1.52 bits per heavy atom. The van der Waals surface area contributed by atoms with Crippen LogP contribution in [0.25, 0.3) is 0 Å². The third-order valence-electron chi connectivity index (χ3n) is 15.1. The molecule has 0 radical (unpaired) electrons. The van der Waals surface area contributed by atoms with Crippen LogP contribution < -0.4 is 0 Å². The molecule has 1 spiro atoms. The molecule has 2 bridgehead atoms. The van der Waals surface area contributed by atoms with E-state index in [0.717, 1.165) is 18.4 Å². The highest BCUT2D eigenvalue weighted by Crippen LogP contribution is 2.45. The summed E-state index contributed by atoms with van der Waals surface area (Å²) in [7, 11) is 3.21. The fourth-order valence-corrected chi connectivity index (χ4v) is 11.2. The van der Waals surface area contributed by atoms with E-state index in [9.17, 15) is 25.2 Å². The monoisotopic (exact) mass is 901 g/mol. The summed E-state index contributed by atoms with van der Waals surface area (Å²) in [5, 5.41) is 44.7. The first-order valence-electron chi connectivity index (χ1n) is 23.9. The smallest absolute Gasteiger partial charge is 0.316 e. The Kier molecular flexibility index (Phi) is 16.5. The highest BCUT2D eigenvalue weighted by molar-refractivity contribution is 5.78. The molecule has 7 rings (SSSR count). The molecule has 0 unspecified atom stereocenters. The number of methoxy groups -OCH3 is 2. The van der Waals surface area contributed by atoms with Crippen molar-refractivity contribution in [3.8, 4) is 0 Å². The first-order valence-corrected chi connectivity index (χ1v) is 23.9. The third kappa shape index (κ3) is 11.0. The summed E-state index contributed by atoms with van der Waals surface area (Å²) in [4.78, 5) is 14.4. The molecule has 64 heavy (non-hydrogen) atoms. The van der Waals surface area contributed by atoms with Gasteiger partial charge < -0.3 is 63.1 Å². The van der Waals surface area contributed by atoms with Crippen molar-refractivity contribution in [1.29, 1.82) is 0 Å². The molecule has 0 aromatic carbocycles. The Morgan fingerprint density at radius 3 is 2.23 bits per heavy atom. The summed E-state index contributed by atoms with van der Waals surface area (Å²) >= 11 is 0. The van der Waals surface area contributed by atoms with Crippen LogP contribution in [0.15, 0.2) is 59.3 Å². The van der Waals surface area contributed by atoms with Gasteiger partial charge >= 0.3 is 5.97 Å². The fraction of sp³-hybridized carbons (Fsp3) is 0.780. The van der Waals surface area contributed by atoms with Gasteiger partial charge in [0.05, 0.1) is 55.4 Å². The predicted octanol–water partition coefficient (Wildman–Crippen LogP) is 5.90. The molecule has 0 aromatic rings. The second kappa shape index (κ2) is 21.3. The van der Waals surface area contributed by atoms with Crippen molar-refractivity contribution in [2.24, 2.45) is 23.7 Å². The minimum atomic E-state index is -1.92. The van der Waals surface area contributed by atoms with Gasteiger partial charge in [0, 0.05) is 58.2 Å². The summed E-state index contributed by atoms with van der Waals surface area (Å²) in [5.74, 6) is -2.56. The van der Waals surface area contributed by atoms with Gasteiger partial charge in [-0.1, -0.05) is 69.6 Å². The van der Waals surface area contributed by atoms with Crippen molar-refractivity contribution in [1.82, 2.24) is 0 Å². The zero-order chi connectivity index (χ0) is 45.9. The minimum absolute atomic E-state index is 0.0403. The number of hydrogen-bond acceptors (Lipinski definition) is 14. The van der Waals surface area contributed by atoms with Gasteiger partial charge in [0.15, 0.2) is 18.4 Å². The number of allylic oxidation sites excluding steroid dienone is 2. The van der Waals surface area contributed by atoms with Crippen LogP contribution in [-0.4, -0.2) is 138 Å². The standard InChI is InChI=1S/C50H76O14/c1-28-13-12-16-35(27-51)50(55)26-39(52)31(4)21-38(50)48(54)60-37-22-36(63-49(25-37)20-19-30(3)46(64-49)34-14-10-9-11-15-34)18-17-29(2)45(28)61-43-24-41(57-8)47(33(6)59-43)62-42-23-40(56-7)44(53)32(5)58-42/h12-13,16-17,19-21,28,30,32-34,36-47,51-53,55H,9-11,14-15,18,22-27H2,1-8H3/b13-12+,29-17+,35-16+/t28-,30-,32-,33-,36+,37-,38-,39-,40-,41-,42-,43-,44-,45-,46-,47-,49+,50+/m0/s1. The van der Waals surface area contributed by atoms with Crippen molar-refractivity contribution in [2.75, 3.05) is 20.8 Å². The minimum Gasteiger partial charge on any atom is -0.462 e. The van der Waals surface area contributed by atoms with E-state index in [1.165, 1.54) is 19.3 Å². The number of carbonyl (C=O) groups excluding carboxylic acids is 1. The van der Waals surface area contributed by atoms with Crippen LogP contribution in [0.5, 0.6) is 0 Å². The van der Waals surface area contributed by atoms with Crippen LogP contribution in [0, 0.1) is 23.7 Å². The van der Waals surface area contributed by atoms with E-state index in [0.29, 0.717) is 43.6 Å². The van der Waals surface area contributed by atoms with E-state index in [1.807, 2.05) is 32.9 Å². The molecule has 14 nitrogen and oxygen atoms in total. The molecule has 18 atom stereocenters. The van der Waals surface area contributed by atoms with E-state index in [1.54, 1.807) is 46.3 Å².